The van der Waals surface area contributed by atoms with Crippen molar-refractivity contribution in [1.29, 1.82) is 0 Å². The van der Waals surface area contributed by atoms with Gasteiger partial charge < -0.3 is 4.74 Å². The molecule has 3 atom stereocenters. The van der Waals surface area contributed by atoms with Crippen LogP contribution in [0.15, 0.2) is 0 Å². The van der Waals surface area contributed by atoms with Crippen molar-refractivity contribution in [1.82, 2.24) is 9.78 Å². The van der Waals surface area contributed by atoms with Crippen molar-refractivity contribution in [2.75, 3.05) is 6.61 Å². The molecule has 122 valence electrons. The quantitative estimate of drug-likeness (QED) is 0.634. The summed E-state index contributed by atoms with van der Waals surface area (Å²) < 4.78 is 73.0. The van der Waals surface area contributed by atoms with Gasteiger partial charge in [0.25, 0.3) is 5.92 Å². The minimum absolute atomic E-state index is 0.00704. The molecule has 0 amide bonds. The zero-order chi connectivity index (χ0) is 16.4. The Bertz CT molecular complexity index is 637. The van der Waals surface area contributed by atoms with E-state index in [-0.39, 0.29) is 6.61 Å². The van der Waals surface area contributed by atoms with E-state index in [1.165, 1.54) is 13.8 Å². The van der Waals surface area contributed by atoms with Gasteiger partial charge in [-0.15, -0.1) is 0 Å². The first-order valence-electron chi connectivity index (χ1n) is 6.82. The maximum Gasteiger partial charge on any atom is 0.435 e. The highest BCUT2D eigenvalue weighted by Crippen LogP contribution is 2.71. The van der Waals surface area contributed by atoms with E-state index < -0.39 is 59.3 Å². The average Bonchev–Trinajstić information content (AvgIpc) is 2.76. The lowest BCUT2D eigenvalue weighted by Crippen LogP contribution is -2.24. The highest BCUT2D eigenvalue weighted by Gasteiger charge is 2.72. The molecule has 2 aliphatic carbocycles. The summed E-state index contributed by atoms with van der Waals surface area (Å²) in [6.45, 7) is 2.26. The van der Waals surface area contributed by atoms with Gasteiger partial charge in [-0.3, -0.25) is 9.48 Å². The van der Waals surface area contributed by atoms with Crippen LogP contribution < -0.4 is 0 Å². The summed E-state index contributed by atoms with van der Waals surface area (Å²) >= 11 is 0. The highest BCUT2D eigenvalue weighted by atomic mass is 19.4. The maximum absolute atomic E-state index is 14.3. The third-order valence-electron chi connectivity index (χ3n) is 4.29. The smallest absolute Gasteiger partial charge is 0.435 e. The van der Waals surface area contributed by atoms with Crippen LogP contribution in [0.5, 0.6) is 0 Å². The van der Waals surface area contributed by atoms with E-state index in [1.807, 2.05) is 0 Å². The molecule has 1 saturated carbocycles. The number of fused-ring (bicyclic) bond motifs is 3. The third-order valence-corrected chi connectivity index (χ3v) is 4.29. The summed E-state index contributed by atoms with van der Waals surface area (Å²) in [5.74, 6) is -6.83. The van der Waals surface area contributed by atoms with E-state index in [4.69, 9.17) is 0 Å². The summed E-state index contributed by atoms with van der Waals surface area (Å²) in [6.07, 6.45) is -4.84. The summed E-state index contributed by atoms with van der Waals surface area (Å²) in [5, 5.41) is 3.24. The molecule has 1 aromatic rings. The largest absolute Gasteiger partial charge is 0.465 e. The van der Waals surface area contributed by atoms with Gasteiger partial charge in [-0.1, -0.05) is 6.92 Å². The first-order valence-corrected chi connectivity index (χ1v) is 6.82. The van der Waals surface area contributed by atoms with Crippen molar-refractivity contribution in [3.8, 4) is 0 Å². The number of rotatable bonds is 3. The molecular weight excluding hydrogens is 311 g/mol. The molecule has 0 aromatic carbocycles. The molecule has 22 heavy (non-hydrogen) atoms. The summed E-state index contributed by atoms with van der Waals surface area (Å²) in [7, 11) is 0. The molecule has 1 fully saturated rings. The Morgan fingerprint density at radius 3 is 2.59 bits per heavy atom. The Labute approximate surface area is 122 Å². The van der Waals surface area contributed by atoms with Crippen LogP contribution in [-0.4, -0.2) is 22.4 Å². The van der Waals surface area contributed by atoms with Gasteiger partial charge in [0, 0.05) is 17.4 Å². The number of esters is 1. The monoisotopic (exact) mass is 324 g/mol. The van der Waals surface area contributed by atoms with Crippen LogP contribution in [0.25, 0.3) is 0 Å². The standard InChI is InChI=1S/C13H13F5N2O2/c1-3-22-6(21)4-20-11-8(10(19-20)13(16,17)18)7-5(2)9(7)12(11,14)15/h5,7,9H,3-4H2,1-2H3/t5-,7-,9-/m1/s1. The van der Waals surface area contributed by atoms with Crippen molar-refractivity contribution < 1.29 is 31.5 Å². The van der Waals surface area contributed by atoms with Gasteiger partial charge in [0.05, 0.1) is 6.61 Å². The van der Waals surface area contributed by atoms with E-state index in [9.17, 15) is 26.7 Å². The molecule has 0 saturated heterocycles. The zero-order valence-electron chi connectivity index (χ0n) is 11.7. The predicted octanol–water partition coefficient (Wildman–Crippen LogP) is 2.92. The molecule has 0 bridgehead atoms. The van der Waals surface area contributed by atoms with Crippen LogP contribution in [-0.2, 0) is 28.2 Å². The van der Waals surface area contributed by atoms with E-state index in [1.54, 1.807) is 0 Å². The van der Waals surface area contributed by atoms with Gasteiger partial charge in [0.15, 0.2) is 5.69 Å². The van der Waals surface area contributed by atoms with Crippen molar-refractivity contribution in [3.05, 3.63) is 17.0 Å². The van der Waals surface area contributed by atoms with Crippen LogP contribution in [0.2, 0.25) is 0 Å². The molecule has 0 radical (unpaired) electrons. The third kappa shape index (κ3) is 1.94. The number of nitrogens with zero attached hydrogens (tertiary/aromatic N) is 2. The molecule has 1 heterocycles. The Kier molecular flexibility index (Phi) is 3.06. The van der Waals surface area contributed by atoms with Crippen LogP contribution >= 0.6 is 0 Å². The van der Waals surface area contributed by atoms with E-state index >= 15 is 0 Å². The van der Waals surface area contributed by atoms with E-state index in [2.05, 4.69) is 9.84 Å². The molecule has 0 N–H and O–H groups in total. The second-order valence-electron chi connectivity index (χ2n) is 5.60. The van der Waals surface area contributed by atoms with Crippen LogP contribution in [0.3, 0.4) is 0 Å². The molecule has 9 heteroatoms. The molecule has 1 aromatic heterocycles. The van der Waals surface area contributed by atoms with Crippen LogP contribution in [0.1, 0.15) is 36.7 Å². The lowest BCUT2D eigenvalue weighted by molar-refractivity contribution is -0.146. The fourth-order valence-corrected chi connectivity index (χ4v) is 3.41. The lowest BCUT2D eigenvalue weighted by atomic mass is 10.1. The van der Waals surface area contributed by atoms with Gasteiger partial charge >= 0.3 is 12.1 Å². The second kappa shape index (κ2) is 4.42. The second-order valence-corrected chi connectivity index (χ2v) is 5.60. The molecule has 4 nitrogen and oxygen atoms in total. The average molecular weight is 324 g/mol. The SMILES string of the molecule is CCOC(=O)Cn1nc(C(F)(F)F)c2c1C(F)(F)[C@@H]1[C@H](C)[C@H]21. The van der Waals surface area contributed by atoms with E-state index in [0.29, 0.717) is 4.68 Å². The van der Waals surface area contributed by atoms with Crippen molar-refractivity contribution in [2.45, 2.75) is 38.4 Å². The number of hydrogen-bond donors (Lipinski definition) is 0. The van der Waals surface area contributed by atoms with Crippen molar-refractivity contribution >= 4 is 5.97 Å². The molecule has 3 rings (SSSR count). The number of hydrogen-bond acceptors (Lipinski definition) is 3. The van der Waals surface area contributed by atoms with Gasteiger partial charge in [-0.2, -0.15) is 27.1 Å². The first kappa shape index (κ1) is 15.2. The predicted molar refractivity (Wildman–Crippen MR) is 63.2 cm³/mol. The molecule has 0 aliphatic heterocycles. The highest BCUT2D eigenvalue weighted by molar-refractivity contribution is 5.69. The van der Waals surface area contributed by atoms with Crippen LogP contribution in [0.4, 0.5) is 22.0 Å². The topological polar surface area (TPSA) is 44.1 Å². The molecule has 0 spiro atoms. The summed E-state index contributed by atoms with van der Waals surface area (Å²) in [4.78, 5) is 11.4. The fourth-order valence-electron chi connectivity index (χ4n) is 3.41. The van der Waals surface area contributed by atoms with Gasteiger partial charge in [0.2, 0.25) is 0 Å². The maximum atomic E-state index is 14.3. The number of alkyl halides is 5. The molecule has 0 unspecified atom stereocenters. The molecule has 2 aliphatic rings. The van der Waals surface area contributed by atoms with E-state index in [0.717, 1.165) is 0 Å². The normalized spacial score (nSPS) is 28.2. The minimum Gasteiger partial charge on any atom is -0.465 e. The number of halogens is 5. The lowest BCUT2D eigenvalue weighted by Gasteiger charge is -2.16. The Hall–Kier alpha value is -1.67. The first-order chi connectivity index (χ1) is 10.1. The van der Waals surface area contributed by atoms with Crippen LogP contribution in [0, 0.1) is 11.8 Å². The number of carbonyl (C=O) groups is 1. The van der Waals surface area contributed by atoms with Crippen molar-refractivity contribution in [3.63, 3.8) is 0 Å². The summed E-state index contributed by atoms with van der Waals surface area (Å²) in [6, 6.07) is 0. The Morgan fingerprint density at radius 1 is 1.41 bits per heavy atom. The Morgan fingerprint density at radius 2 is 2.05 bits per heavy atom. The minimum atomic E-state index is -4.84. The zero-order valence-corrected chi connectivity index (χ0v) is 11.7. The molecular formula is C13H13F5N2O2. The van der Waals surface area contributed by atoms with Gasteiger partial charge in [-0.05, 0) is 12.8 Å². The van der Waals surface area contributed by atoms with Gasteiger partial charge in [0.1, 0.15) is 12.2 Å². The summed E-state index contributed by atoms with van der Waals surface area (Å²) in [5.41, 5.74) is -2.57. The number of carbonyl (C=O) groups excluding carboxylic acids is 1. The van der Waals surface area contributed by atoms with Crippen molar-refractivity contribution in [2.24, 2.45) is 11.8 Å². The number of aromatic nitrogens is 2. The fraction of sp³-hybridized carbons (Fsp3) is 0.692. The van der Waals surface area contributed by atoms with Gasteiger partial charge in [-0.25, -0.2) is 0 Å². The Balaban J connectivity index is 2.09. The number of ether oxygens (including phenoxy) is 1.